The molecule has 0 amide bonds. The summed E-state index contributed by atoms with van der Waals surface area (Å²) in [6.45, 7) is 6.14. The molecule has 15 heavy (non-hydrogen) atoms. The van der Waals surface area contributed by atoms with Gasteiger partial charge in [-0.15, -0.1) is 0 Å². The zero-order valence-corrected chi connectivity index (χ0v) is 9.65. The zero-order valence-electron chi connectivity index (χ0n) is 9.65. The highest BCUT2D eigenvalue weighted by Gasteiger charge is 2.66. The zero-order chi connectivity index (χ0) is 10.6. The third-order valence-corrected chi connectivity index (χ3v) is 5.24. The molecule has 0 aromatic heterocycles. The number of hydrogen-bond donors (Lipinski definition) is 1. The van der Waals surface area contributed by atoms with Crippen molar-refractivity contribution in [2.24, 2.45) is 29.6 Å². The van der Waals surface area contributed by atoms with Gasteiger partial charge in [-0.05, 0) is 61.7 Å². The average Bonchev–Trinajstić information content (AvgIpc) is 2.68. The lowest BCUT2D eigenvalue weighted by atomic mass is 9.95. The predicted octanol–water partition coefficient (Wildman–Crippen LogP) is 3.00. The maximum atomic E-state index is 10.2. The molecule has 3 aliphatic carbocycles. The van der Waals surface area contributed by atoms with Gasteiger partial charge in [-0.2, -0.15) is 0 Å². The second-order valence-corrected chi connectivity index (χ2v) is 5.94. The van der Waals surface area contributed by atoms with E-state index in [2.05, 4.69) is 13.5 Å². The third-order valence-electron chi connectivity index (χ3n) is 5.24. The molecule has 0 heterocycles. The van der Waals surface area contributed by atoms with E-state index < -0.39 is 0 Å². The Bertz CT molecular complexity index is 267. The summed E-state index contributed by atoms with van der Waals surface area (Å²) in [5.74, 6) is 4.43. The molecule has 0 spiro atoms. The summed E-state index contributed by atoms with van der Waals surface area (Å²) in [5, 5.41) is 10.2. The second-order valence-electron chi connectivity index (χ2n) is 5.94. The Morgan fingerprint density at radius 1 is 1.33 bits per heavy atom. The summed E-state index contributed by atoms with van der Waals surface area (Å²) in [6.07, 6.45) is 6.18. The minimum atomic E-state index is -0.0733. The summed E-state index contributed by atoms with van der Waals surface area (Å²) in [4.78, 5) is 0. The van der Waals surface area contributed by atoms with Gasteiger partial charge in [0.15, 0.2) is 0 Å². The van der Waals surface area contributed by atoms with Crippen molar-refractivity contribution in [1.29, 1.82) is 0 Å². The first-order valence-electron chi connectivity index (χ1n) is 6.57. The molecule has 5 unspecified atom stereocenters. The maximum absolute atomic E-state index is 10.2. The van der Waals surface area contributed by atoms with Gasteiger partial charge in [0, 0.05) is 0 Å². The first-order chi connectivity index (χ1) is 7.22. The third kappa shape index (κ3) is 1.39. The molecule has 0 aliphatic heterocycles. The predicted molar refractivity (Wildman–Crippen MR) is 61.4 cm³/mol. The topological polar surface area (TPSA) is 20.2 Å². The molecule has 2 bridgehead atoms. The fourth-order valence-corrected chi connectivity index (χ4v) is 4.48. The van der Waals surface area contributed by atoms with Crippen LogP contribution < -0.4 is 0 Å². The molecule has 84 valence electrons. The van der Waals surface area contributed by atoms with Crippen molar-refractivity contribution < 1.29 is 5.11 Å². The van der Waals surface area contributed by atoms with Crippen molar-refractivity contribution in [3.8, 4) is 0 Å². The summed E-state index contributed by atoms with van der Waals surface area (Å²) in [6, 6.07) is 0. The van der Waals surface area contributed by atoms with E-state index >= 15 is 0 Å². The average molecular weight is 206 g/mol. The molecule has 1 heteroatoms. The van der Waals surface area contributed by atoms with Crippen LogP contribution in [0.5, 0.6) is 0 Å². The quantitative estimate of drug-likeness (QED) is 0.701. The Hall–Kier alpha value is -0.300. The molecule has 0 aromatic carbocycles. The standard InChI is InChI=1S/C14H22O/c1-3-8(2)6-11(15)14-12-9-4-5-10(7-9)13(12)14/h9-15H,2-7H2,1H3. The Kier molecular flexibility index (Phi) is 2.21. The molecule has 3 aliphatic rings. The highest BCUT2D eigenvalue weighted by atomic mass is 16.3. The summed E-state index contributed by atoms with van der Waals surface area (Å²) < 4.78 is 0. The van der Waals surface area contributed by atoms with Crippen LogP contribution in [-0.2, 0) is 0 Å². The van der Waals surface area contributed by atoms with Crippen molar-refractivity contribution >= 4 is 0 Å². The van der Waals surface area contributed by atoms with Crippen LogP contribution in [-0.4, -0.2) is 11.2 Å². The minimum absolute atomic E-state index is 0.0733. The number of hydrogen-bond acceptors (Lipinski definition) is 1. The van der Waals surface area contributed by atoms with Crippen LogP contribution >= 0.6 is 0 Å². The lowest BCUT2D eigenvalue weighted by Gasteiger charge is -2.15. The van der Waals surface area contributed by atoms with Gasteiger partial charge >= 0.3 is 0 Å². The van der Waals surface area contributed by atoms with Crippen molar-refractivity contribution in [1.82, 2.24) is 0 Å². The monoisotopic (exact) mass is 206 g/mol. The molecule has 0 radical (unpaired) electrons. The van der Waals surface area contributed by atoms with Gasteiger partial charge in [-0.3, -0.25) is 0 Å². The normalized spacial score (nSPS) is 47.7. The van der Waals surface area contributed by atoms with Gasteiger partial charge in [0.25, 0.3) is 0 Å². The molecule has 3 saturated carbocycles. The van der Waals surface area contributed by atoms with Crippen LogP contribution in [0.25, 0.3) is 0 Å². The number of aliphatic hydroxyl groups is 1. The van der Waals surface area contributed by atoms with E-state index in [0.29, 0.717) is 5.92 Å². The number of aliphatic hydroxyl groups excluding tert-OH is 1. The van der Waals surface area contributed by atoms with Crippen molar-refractivity contribution in [2.45, 2.75) is 45.1 Å². The van der Waals surface area contributed by atoms with Gasteiger partial charge in [0.1, 0.15) is 0 Å². The highest BCUT2D eigenvalue weighted by molar-refractivity contribution is 5.15. The summed E-state index contributed by atoms with van der Waals surface area (Å²) in [7, 11) is 0. The van der Waals surface area contributed by atoms with Gasteiger partial charge < -0.3 is 5.11 Å². The molecule has 5 atom stereocenters. The summed E-state index contributed by atoms with van der Waals surface area (Å²) >= 11 is 0. The van der Waals surface area contributed by atoms with E-state index in [1.807, 2.05) is 0 Å². The molecule has 0 saturated heterocycles. The van der Waals surface area contributed by atoms with Crippen LogP contribution in [0.15, 0.2) is 12.2 Å². The fraction of sp³-hybridized carbons (Fsp3) is 0.857. The summed E-state index contributed by atoms with van der Waals surface area (Å²) in [5.41, 5.74) is 1.22. The first kappa shape index (κ1) is 9.89. The lowest BCUT2D eigenvalue weighted by Crippen LogP contribution is -2.16. The van der Waals surface area contributed by atoms with Crippen molar-refractivity contribution in [2.75, 3.05) is 0 Å². The molecular weight excluding hydrogens is 184 g/mol. The largest absolute Gasteiger partial charge is 0.392 e. The van der Waals surface area contributed by atoms with Crippen LogP contribution in [0, 0.1) is 29.6 Å². The van der Waals surface area contributed by atoms with E-state index in [1.54, 1.807) is 0 Å². The number of rotatable bonds is 4. The Labute approximate surface area is 92.6 Å². The van der Waals surface area contributed by atoms with Crippen LogP contribution in [0.2, 0.25) is 0 Å². The van der Waals surface area contributed by atoms with Crippen LogP contribution in [0.4, 0.5) is 0 Å². The molecule has 1 N–H and O–H groups in total. The first-order valence-corrected chi connectivity index (χ1v) is 6.57. The lowest BCUT2D eigenvalue weighted by molar-refractivity contribution is 0.128. The molecule has 3 fully saturated rings. The molecule has 0 aromatic rings. The van der Waals surface area contributed by atoms with E-state index in [0.717, 1.165) is 36.5 Å². The second kappa shape index (κ2) is 3.35. The molecular formula is C14H22O. The van der Waals surface area contributed by atoms with E-state index in [4.69, 9.17) is 0 Å². The Balaban J connectivity index is 1.60. The smallest absolute Gasteiger partial charge is 0.0611 e. The highest BCUT2D eigenvalue weighted by Crippen LogP contribution is 2.70. The fourth-order valence-electron chi connectivity index (χ4n) is 4.48. The Morgan fingerprint density at radius 3 is 2.47 bits per heavy atom. The molecule has 1 nitrogen and oxygen atoms in total. The van der Waals surface area contributed by atoms with Crippen molar-refractivity contribution in [3.63, 3.8) is 0 Å². The van der Waals surface area contributed by atoms with E-state index in [-0.39, 0.29) is 6.10 Å². The van der Waals surface area contributed by atoms with Gasteiger partial charge in [-0.1, -0.05) is 19.1 Å². The molecule has 3 rings (SSSR count). The maximum Gasteiger partial charge on any atom is 0.0611 e. The van der Waals surface area contributed by atoms with Crippen molar-refractivity contribution in [3.05, 3.63) is 12.2 Å². The Morgan fingerprint density at radius 2 is 1.93 bits per heavy atom. The van der Waals surface area contributed by atoms with Gasteiger partial charge in [0.2, 0.25) is 0 Å². The SMILES string of the molecule is C=C(CC)CC(O)C1C2C3CCC(C3)C12. The van der Waals surface area contributed by atoms with Gasteiger partial charge in [0.05, 0.1) is 6.10 Å². The van der Waals surface area contributed by atoms with Crippen LogP contribution in [0.3, 0.4) is 0 Å². The van der Waals surface area contributed by atoms with E-state index in [9.17, 15) is 5.11 Å². The number of fused-ring (bicyclic) bond motifs is 5. The van der Waals surface area contributed by atoms with E-state index in [1.165, 1.54) is 24.8 Å². The van der Waals surface area contributed by atoms with Gasteiger partial charge in [-0.25, -0.2) is 0 Å². The van der Waals surface area contributed by atoms with Crippen LogP contribution in [0.1, 0.15) is 39.0 Å². The minimum Gasteiger partial charge on any atom is -0.392 e.